The summed E-state index contributed by atoms with van der Waals surface area (Å²) in [7, 11) is 1.69. The summed E-state index contributed by atoms with van der Waals surface area (Å²) in [6.07, 6.45) is 2.57. The molecule has 0 radical (unpaired) electrons. The van der Waals surface area contributed by atoms with Crippen molar-refractivity contribution in [2.24, 2.45) is 0 Å². The van der Waals surface area contributed by atoms with Crippen LogP contribution in [0.3, 0.4) is 0 Å². The highest BCUT2D eigenvalue weighted by Gasteiger charge is 2.21. The van der Waals surface area contributed by atoms with Gasteiger partial charge in [-0.25, -0.2) is 0 Å². The minimum Gasteiger partial charge on any atom is -0.497 e. The molecule has 0 spiro atoms. The van der Waals surface area contributed by atoms with Crippen molar-refractivity contribution in [3.63, 3.8) is 0 Å². The Morgan fingerprint density at radius 2 is 1.76 bits per heavy atom. The molecule has 0 amide bonds. The first-order chi connectivity index (χ1) is 12.3. The van der Waals surface area contributed by atoms with Crippen molar-refractivity contribution in [3.05, 3.63) is 42.4 Å². The van der Waals surface area contributed by atoms with Gasteiger partial charge in [0, 0.05) is 31.9 Å². The standard InChI is InChI=1S/C18H22N6O/c1-3-14-12-17(18-20-19-13-24(18)21-14)23-10-8-22(9-11-23)15-4-6-16(25-2)7-5-15/h4-7,12-13H,3,8-11H2,1-2H3. The zero-order valence-electron chi connectivity index (χ0n) is 14.6. The molecular formula is C18H22N6O. The van der Waals surface area contributed by atoms with Gasteiger partial charge in [-0.15, -0.1) is 10.2 Å². The van der Waals surface area contributed by atoms with Crippen LogP contribution in [0.1, 0.15) is 12.6 Å². The Labute approximate surface area is 146 Å². The Morgan fingerprint density at radius 1 is 1.04 bits per heavy atom. The van der Waals surface area contributed by atoms with E-state index in [9.17, 15) is 0 Å². The Balaban J connectivity index is 1.52. The number of benzene rings is 1. The van der Waals surface area contributed by atoms with Crippen LogP contribution >= 0.6 is 0 Å². The maximum atomic E-state index is 5.24. The molecule has 1 aliphatic rings. The van der Waals surface area contributed by atoms with E-state index >= 15 is 0 Å². The highest BCUT2D eigenvalue weighted by atomic mass is 16.5. The van der Waals surface area contributed by atoms with Crippen LogP contribution in [0.25, 0.3) is 5.65 Å². The van der Waals surface area contributed by atoms with Gasteiger partial charge in [-0.1, -0.05) is 6.92 Å². The summed E-state index contributed by atoms with van der Waals surface area (Å²) in [5, 5.41) is 12.8. The first-order valence-corrected chi connectivity index (χ1v) is 8.62. The van der Waals surface area contributed by atoms with E-state index in [1.54, 1.807) is 18.0 Å². The average Bonchev–Trinajstić information content (AvgIpc) is 3.16. The molecule has 2 aromatic heterocycles. The second-order valence-electron chi connectivity index (χ2n) is 6.15. The van der Waals surface area contributed by atoms with Crippen molar-refractivity contribution in [3.8, 4) is 5.75 Å². The van der Waals surface area contributed by atoms with Gasteiger partial charge >= 0.3 is 0 Å². The topological polar surface area (TPSA) is 58.8 Å². The fourth-order valence-electron chi connectivity index (χ4n) is 3.27. The number of hydrogen-bond donors (Lipinski definition) is 0. The van der Waals surface area contributed by atoms with Gasteiger partial charge in [-0.3, -0.25) is 0 Å². The second kappa shape index (κ2) is 6.58. The third-order valence-electron chi connectivity index (χ3n) is 4.72. The molecule has 0 bridgehead atoms. The van der Waals surface area contributed by atoms with Gasteiger partial charge < -0.3 is 14.5 Å². The normalized spacial score (nSPS) is 15.0. The Hall–Kier alpha value is -2.83. The monoisotopic (exact) mass is 338 g/mol. The molecule has 0 atom stereocenters. The van der Waals surface area contributed by atoms with Gasteiger partial charge in [0.25, 0.3) is 0 Å². The number of methoxy groups -OCH3 is 1. The summed E-state index contributed by atoms with van der Waals surface area (Å²) >= 11 is 0. The smallest absolute Gasteiger partial charge is 0.200 e. The van der Waals surface area contributed by atoms with Crippen LogP contribution in [0, 0.1) is 0 Å². The first kappa shape index (κ1) is 15.7. The lowest BCUT2D eigenvalue weighted by molar-refractivity contribution is 0.415. The fraction of sp³-hybridized carbons (Fsp3) is 0.389. The number of aryl methyl sites for hydroxylation is 1. The molecule has 7 nitrogen and oxygen atoms in total. The lowest BCUT2D eigenvalue weighted by Gasteiger charge is -2.37. The second-order valence-corrected chi connectivity index (χ2v) is 6.15. The molecule has 3 aromatic rings. The van der Waals surface area contributed by atoms with Crippen LogP contribution in [0.15, 0.2) is 36.7 Å². The highest BCUT2D eigenvalue weighted by Crippen LogP contribution is 2.25. The van der Waals surface area contributed by atoms with Crippen molar-refractivity contribution in [2.45, 2.75) is 13.3 Å². The summed E-state index contributed by atoms with van der Waals surface area (Å²) < 4.78 is 7.02. The molecule has 1 aromatic carbocycles. The summed E-state index contributed by atoms with van der Waals surface area (Å²) in [4.78, 5) is 4.78. The lowest BCUT2D eigenvalue weighted by atomic mass is 10.2. The molecule has 0 aliphatic carbocycles. The van der Waals surface area contributed by atoms with E-state index in [2.05, 4.69) is 50.2 Å². The number of fused-ring (bicyclic) bond motifs is 1. The number of hydrogen-bond acceptors (Lipinski definition) is 6. The van der Waals surface area contributed by atoms with E-state index in [0.717, 1.165) is 55.4 Å². The van der Waals surface area contributed by atoms with Gasteiger partial charge in [-0.05, 0) is 36.8 Å². The summed E-state index contributed by atoms with van der Waals surface area (Å²) in [5.41, 5.74) is 4.24. The molecular weight excluding hydrogens is 316 g/mol. The largest absolute Gasteiger partial charge is 0.497 e. The third-order valence-corrected chi connectivity index (χ3v) is 4.72. The van der Waals surface area contributed by atoms with E-state index in [0.29, 0.717) is 0 Å². The van der Waals surface area contributed by atoms with E-state index in [4.69, 9.17) is 4.74 Å². The van der Waals surface area contributed by atoms with Crippen molar-refractivity contribution in [2.75, 3.05) is 43.1 Å². The van der Waals surface area contributed by atoms with Gasteiger partial charge in [0.2, 0.25) is 5.65 Å². The van der Waals surface area contributed by atoms with E-state index in [1.165, 1.54) is 5.69 Å². The summed E-state index contributed by atoms with van der Waals surface area (Å²) in [5.74, 6) is 0.889. The number of nitrogens with zero attached hydrogens (tertiary/aromatic N) is 6. The van der Waals surface area contributed by atoms with E-state index in [-0.39, 0.29) is 0 Å². The predicted octanol–water partition coefficient (Wildman–Crippen LogP) is 2.02. The zero-order chi connectivity index (χ0) is 17.2. The van der Waals surface area contributed by atoms with Crippen LogP contribution < -0.4 is 14.5 Å². The first-order valence-electron chi connectivity index (χ1n) is 8.62. The number of rotatable bonds is 4. The molecule has 0 unspecified atom stereocenters. The molecule has 0 saturated carbocycles. The minimum atomic E-state index is 0.829. The predicted molar refractivity (Wildman–Crippen MR) is 97.6 cm³/mol. The molecule has 0 N–H and O–H groups in total. The number of anilines is 2. The van der Waals surface area contributed by atoms with Crippen molar-refractivity contribution in [1.82, 2.24) is 19.8 Å². The van der Waals surface area contributed by atoms with Gasteiger partial charge in [-0.2, -0.15) is 9.61 Å². The molecule has 3 heterocycles. The lowest BCUT2D eigenvalue weighted by Crippen LogP contribution is -2.46. The molecule has 1 aliphatic heterocycles. The van der Waals surface area contributed by atoms with E-state index < -0.39 is 0 Å². The molecule has 130 valence electrons. The SMILES string of the molecule is CCc1cc(N2CCN(c3ccc(OC)cc3)CC2)c2nncn2n1. The van der Waals surface area contributed by atoms with Gasteiger partial charge in [0.15, 0.2) is 0 Å². The fourth-order valence-corrected chi connectivity index (χ4v) is 3.27. The molecule has 4 rings (SSSR count). The molecule has 25 heavy (non-hydrogen) atoms. The Bertz CT molecular complexity index is 852. The molecule has 1 fully saturated rings. The zero-order valence-corrected chi connectivity index (χ0v) is 14.6. The van der Waals surface area contributed by atoms with E-state index in [1.807, 2.05) is 12.1 Å². The Morgan fingerprint density at radius 3 is 2.44 bits per heavy atom. The molecule has 1 saturated heterocycles. The maximum absolute atomic E-state index is 5.24. The quantitative estimate of drug-likeness (QED) is 0.725. The van der Waals surface area contributed by atoms with Crippen LogP contribution in [-0.2, 0) is 6.42 Å². The number of ether oxygens (including phenoxy) is 1. The number of piperazine rings is 1. The average molecular weight is 338 g/mol. The minimum absolute atomic E-state index is 0.829. The van der Waals surface area contributed by atoms with Crippen molar-refractivity contribution < 1.29 is 4.74 Å². The summed E-state index contributed by atoms with van der Waals surface area (Å²) in [6, 6.07) is 10.4. The Kier molecular flexibility index (Phi) is 4.13. The van der Waals surface area contributed by atoms with Crippen molar-refractivity contribution >= 4 is 17.0 Å². The van der Waals surface area contributed by atoms with Gasteiger partial charge in [0.1, 0.15) is 12.1 Å². The third kappa shape index (κ3) is 2.97. The van der Waals surface area contributed by atoms with Crippen LogP contribution in [0.4, 0.5) is 11.4 Å². The van der Waals surface area contributed by atoms with Crippen LogP contribution in [-0.4, -0.2) is 53.1 Å². The highest BCUT2D eigenvalue weighted by molar-refractivity contribution is 5.69. The van der Waals surface area contributed by atoms with Crippen LogP contribution in [0.2, 0.25) is 0 Å². The van der Waals surface area contributed by atoms with Crippen molar-refractivity contribution in [1.29, 1.82) is 0 Å². The maximum Gasteiger partial charge on any atom is 0.200 e. The summed E-state index contributed by atoms with van der Waals surface area (Å²) in [6.45, 7) is 5.94. The number of aromatic nitrogens is 4. The van der Waals surface area contributed by atoms with Crippen LogP contribution in [0.5, 0.6) is 5.75 Å². The molecule has 7 heteroatoms. The van der Waals surface area contributed by atoms with Gasteiger partial charge in [0.05, 0.1) is 18.5 Å².